The maximum Gasteiger partial charge on any atom is 0.266 e. The zero-order valence-corrected chi connectivity index (χ0v) is 17.8. The predicted molar refractivity (Wildman–Crippen MR) is 118 cm³/mol. The molecule has 0 atom stereocenters. The van der Waals surface area contributed by atoms with Crippen molar-refractivity contribution in [1.29, 1.82) is 0 Å². The van der Waals surface area contributed by atoms with Crippen LogP contribution in [0.25, 0.3) is 10.2 Å². The molecule has 0 fully saturated rings. The van der Waals surface area contributed by atoms with Crippen molar-refractivity contribution in [1.82, 2.24) is 14.9 Å². The number of aromatic nitrogens is 2. The number of rotatable bonds is 6. The second kappa shape index (κ2) is 8.57. The standard InChI is InChI=1S/C22H20N4O4S/c1-13-6-3-4-8-16(13)25-20(28)19-14(2)18-21(31-19)24-12-26(22(18)29)11-17(27)23-10-15-7-5-9-30-15/h3-9,12H,10-11H2,1-2H3,(H,23,27)(H,25,28). The highest BCUT2D eigenvalue weighted by Gasteiger charge is 2.20. The van der Waals surface area contributed by atoms with E-state index in [2.05, 4.69) is 15.6 Å². The minimum absolute atomic E-state index is 0.178. The van der Waals surface area contributed by atoms with Crippen molar-refractivity contribution in [2.75, 3.05) is 5.32 Å². The van der Waals surface area contributed by atoms with Gasteiger partial charge in [-0.05, 0) is 43.2 Å². The first-order chi connectivity index (χ1) is 14.9. The lowest BCUT2D eigenvalue weighted by Gasteiger charge is -2.07. The zero-order valence-electron chi connectivity index (χ0n) is 17.0. The molecule has 4 aromatic rings. The van der Waals surface area contributed by atoms with Crippen LogP contribution < -0.4 is 16.2 Å². The first-order valence-electron chi connectivity index (χ1n) is 9.58. The Balaban J connectivity index is 1.56. The summed E-state index contributed by atoms with van der Waals surface area (Å²) in [5.74, 6) is -0.0192. The minimum Gasteiger partial charge on any atom is -0.467 e. The molecule has 0 spiro atoms. The van der Waals surface area contributed by atoms with Crippen molar-refractivity contribution in [3.63, 3.8) is 0 Å². The number of aryl methyl sites for hydroxylation is 2. The van der Waals surface area contributed by atoms with Crippen molar-refractivity contribution in [2.24, 2.45) is 0 Å². The lowest BCUT2D eigenvalue weighted by atomic mass is 10.2. The number of para-hydroxylation sites is 1. The number of furan rings is 1. The van der Waals surface area contributed by atoms with E-state index in [1.165, 1.54) is 17.2 Å². The Bertz CT molecular complexity index is 1320. The number of nitrogens with one attached hydrogen (secondary N) is 2. The van der Waals surface area contributed by atoms with Gasteiger partial charge in [0.2, 0.25) is 5.91 Å². The quantitative estimate of drug-likeness (QED) is 0.483. The fourth-order valence-electron chi connectivity index (χ4n) is 3.19. The molecule has 31 heavy (non-hydrogen) atoms. The lowest BCUT2D eigenvalue weighted by Crippen LogP contribution is -2.32. The van der Waals surface area contributed by atoms with Crippen LogP contribution in [0.15, 0.2) is 58.2 Å². The number of nitrogens with zero attached hydrogens (tertiary/aromatic N) is 2. The molecule has 9 heteroatoms. The number of fused-ring (bicyclic) bond motifs is 1. The topological polar surface area (TPSA) is 106 Å². The molecular weight excluding hydrogens is 416 g/mol. The molecule has 2 amide bonds. The van der Waals surface area contributed by atoms with Gasteiger partial charge in [-0.1, -0.05) is 18.2 Å². The average molecular weight is 436 g/mol. The summed E-state index contributed by atoms with van der Waals surface area (Å²) >= 11 is 1.16. The van der Waals surface area contributed by atoms with Crippen LogP contribution in [0.5, 0.6) is 0 Å². The van der Waals surface area contributed by atoms with Crippen molar-refractivity contribution >= 4 is 39.1 Å². The molecule has 0 saturated carbocycles. The smallest absolute Gasteiger partial charge is 0.266 e. The number of anilines is 1. The summed E-state index contributed by atoms with van der Waals surface area (Å²) < 4.78 is 6.41. The second-order valence-corrected chi connectivity index (χ2v) is 8.04. The molecule has 3 heterocycles. The molecule has 0 unspecified atom stereocenters. The molecular formula is C22H20N4O4S. The van der Waals surface area contributed by atoms with Crippen LogP contribution in [-0.2, 0) is 17.9 Å². The molecule has 2 N–H and O–H groups in total. The minimum atomic E-state index is -0.359. The van der Waals surface area contributed by atoms with Gasteiger partial charge in [-0.3, -0.25) is 19.0 Å². The number of carbonyl (C=O) groups is 2. The summed E-state index contributed by atoms with van der Waals surface area (Å²) in [6, 6.07) is 11.0. The summed E-state index contributed by atoms with van der Waals surface area (Å²) in [7, 11) is 0. The third kappa shape index (κ3) is 4.26. The Hall–Kier alpha value is -3.72. The maximum atomic E-state index is 13.0. The molecule has 158 valence electrons. The summed E-state index contributed by atoms with van der Waals surface area (Å²) in [5, 5.41) is 5.93. The maximum absolute atomic E-state index is 13.0. The first-order valence-corrected chi connectivity index (χ1v) is 10.4. The van der Waals surface area contributed by atoms with Crippen molar-refractivity contribution < 1.29 is 14.0 Å². The van der Waals surface area contributed by atoms with E-state index in [4.69, 9.17) is 4.42 Å². The zero-order chi connectivity index (χ0) is 22.0. The van der Waals surface area contributed by atoms with Gasteiger partial charge in [0.25, 0.3) is 11.5 Å². The molecule has 0 saturated heterocycles. The largest absolute Gasteiger partial charge is 0.467 e. The number of hydrogen-bond acceptors (Lipinski definition) is 6. The Labute approximate surface area is 181 Å². The predicted octanol–water partition coefficient (Wildman–Crippen LogP) is 3.24. The molecule has 4 rings (SSSR count). The van der Waals surface area contributed by atoms with Gasteiger partial charge in [0.15, 0.2) is 0 Å². The summed E-state index contributed by atoms with van der Waals surface area (Å²) in [6.07, 6.45) is 2.85. The molecule has 0 aliphatic rings. The Kier molecular flexibility index (Phi) is 5.68. The molecule has 8 nitrogen and oxygen atoms in total. The van der Waals surface area contributed by atoms with Crippen molar-refractivity contribution in [2.45, 2.75) is 26.9 Å². The summed E-state index contributed by atoms with van der Waals surface area (Å²) in [6.45, 7) is 3.68. The highest BCUT2D eigenvalue weighted by molar-refractivity contribution is 7.20. The van der Waals surface area contributed by atoms with E-state index >= 15 is 0 Å². The molecule has 0 radical (unpaired) electrons. The van der Waals surface area contributed by atoms with E-state index in [-0.39, 0.29) is 30.5 Å². The van der Waals surface area contributed by atoms with Gasteiger partial charge in [0, 0.05) is 5.69 Å². The summed E-state index contributed by atoms with van der Waals surface area (Å²) in [5.41, 5.74) is 1.84. The van der Waals surface area contributed by atoms with E-state index in [9.17, 15) is 14.4 Å². The van der Waals surface area contributed by atoms with Crippen molar-refractivity contribution in [3.05, 3.63) is 81.1 Å². The van der Waals surface area contributed by atoms with Crippen LogP contribution in [0.2, 0.25) is 0 Å². The van der Waals surface area contributed by atoms with Gasteiger partial charge in [-0.25, -0.2) is 4.98 Å². The third-order valence-corrected chi connectivity index (χ3v) is 6.07. The van der Waals surface area contributed by atoms with Crippen molar-refractivity contribution in [3.8, 4) is 0 Å². The highest BCUT2D eigenvalue weighted by Crippen LogP contribution is 2.28. The number of amides is 2. The molecule has 0 aliphatic heterocycles. The third-order valence-electron chi connectivity index (χ3n) is 4.87. The number of hydrogen-bond donors (Lipinski definition) is 2. The molecule has 0 aliphatic carbocycles. The van der Waals surface area contributed by atoms with Gasteiger partial charge in [0.05, 0.1) is 29.4 Å². The fourth-order valence-corrected chi connectivity index (χ4v) is 4.22. The monoisotopic (exact) mass is 436 g/mol. The van der Waals surface area contributed by atoms with Crippen LogP contribution in [0.4, 0.5) is 5.69 Å². The van der Waals surface area contributed by atoms with E-state index < -0.39 is 0 Å². The van der Waals surface area contributed by atoms with E-state index in [0.29, 0.717) is 32.1 Å². The number of carbonyl (C=O) groups excluding carboxylic acids is 2. The first kappa shape index (κ1) is 20.5. The number of benzene rings is 1. The average Bonchev–Trinajstić information content (AvgIpc) is 3.38. The van der Waals surface area contributed by atoms with Crippen LogP contribution in [-0.4, -0.2) is 21.4 Å². The van der Waals surface area contributed by atoms with Crippen LogP contribution in [0.1, 0.15) is 26.6 Å². The SMILES string of the molecule is Cc1ccccc1NC(=O)c1sc2ncn(CC(=O)NCc3ccco3)c(=O)c2c1C. The summed E-state index contributed by atoms with van der Waals surface area (Å²) in [4.78, 5) is 43.2. The Morgan fingerprint density at radius 1 is 1.16 bits per heavy atom. The van der Waals surface area contributed by atoms with Crippen LogP contribution >= 0.6 is 11.3 Å². The normalized spacial score (nSPS) is 10.9. The van der Waals surface area contributed by atoms with Crippen LogP contribution in [0.3, 0.4) is 0 Å². The van der Waals surface area contributed by atoms with Crippen LogP contribution in [0, 0.1) is 13.8 Å². The van der Waals surface area contributed by atoms with E-state index in [1.54, 1.807) is 19.1 Å². The second-order valence-electron chi connectivity index (χ2n) is 7.04. The van der Waals surface area contributed by atoms with Gasteiger partial charge in [-0.2, -0.15) is 0 Å². The molecule has 3 aromatic heterocycles. The van der Waals surface area contributed by atoms with Gasteiger partial charge in [-0.15, -0.1) is 11.3 Å². The lowest BCUT2D eigenvalue weighted by molar-refractivity contribution is -0.122. The van der Waals surface area contributed by atoms with E-state index in [1.807, 2.05) is 31.2 Å². The van der Waals surface area contributed by atoms with Gasteiger partial charge in [0.1, 0.15) is 17.1 Å². The van der Waals surface area contributed by atoms with Gasteiger partial charge < -0.3 is 15.1 Å². The van der Waals surface area contributed by atoms with E-state index in [0.717, 1.165) is 16.9 Å². The van der Waals surface area contributed by atoms with Gasteiger partial charge >= 0.3 is 0 Å². The highest BCUT2D eigenvalue weighted by atomic mass is 32.1. The number of thiophene rings is 1. The molecule has 0 bridgehead atoms. The Morgan fingerprint density at radius 3 is 2.71 bits per heavy atom. The molecule has 1 aromatic carbocycles. The Morgan fingerprint density at radius 2 is 1.97 bits per heavy atom. The fraction of sp³-hybridized carbons (Fsp3) is 0.182.